The van der Waals surface area contributed by atoms with Crippen molar-refractivity contribution in [3.05, 3.63) is 0 Å². The van der Waals surface area contributed by atoms with Crippen molar-refractivity contribution in [1.82, 2.24) is 0 Å². The molecule has 18 heavy (non-hydrogen) atoms. The first-order chi connectivity index (χ1) is 6.93. The Morgan fingerprint density at radius 2 is 0.500 bits per heavy atom. The van der Waals surface area contributed by atoms with E-state index >= 15 is 0 Å². The summed E-state index contributed by atoms with van der Waals surface area (Å²) in [5, 5.41) is 35.6. The summed E-state index contributed by atoms with van der Waals surface area (Å²) in [4.78, 5) is 35.6. The van der Waals surface area contributed by atoms with Crippen molar-refractivity contribution in [3.8, 4) is 0 Å². The zero-order chi connectivity index (χ0) is 14.3. The van der Waals surface area contributed by atoms with Crippen LogP contribution in [0, 0.1) is 0 Å². The van der Waals surface area contributed by atoms with Crippen molar-refractivity contribution >= 4 is 23.9 Å². The van der Waals surface area contributed by atoms with Crippen LogP contribution in [0.1, 0.15) is 27.7 Å². The first-order valence-electron chi connectivity index (χ1n) is 3.63. The first-order valence-corrected chi connectivity index (χ1v) is 3.63. The molecular formula is C8H12O8Ti2. The molecule has 0 aliphatic rings. The molecule has 0 saturated carbocycles. The van der Waals surface area contributed by atoms with Crippen molar-refractivity contribution in [2.45, 2.75) is 27.7 Å². The largest absolute Gasteiger partial charge is 2.00 e. The third-order valence-corrected chi connectivity index (χ3v) is 0. The summed E-state index contributed by atoms with van der Waals surface area (Å²) in [5.74, 6) is -4.33. The molecule has 0 rings (SSSR count). The molecule has 0 aromatic rings. The number of carbonyl (C=O) groups excluding carboxylic acids is 4. The Kier molecular flexibility index (Phi) is 59.8. The van der Waals surface area contributed by atoms with Crippen LogP contribution in [0.3, 0.4) is 0 Å². The Morgan fingerprint density at radius 1 is 0.500 bits per heavy atom. The van der Waals surface area contributed by atoms with Gasteiger partial charge in [0.05, 0.1) is 0 Å². The van der Waals surface area contributed by atoms with Gasteiger partial charge in [-0.3, -0.25) is 0 Å². The number of carboxylic acid groups (broad SMARTS) is 4. The van der Waals surface area contributed by atoms with Gasteiger partial charge in [0.25, 0.3) is 0 Å². The number of rotatable bonds is 0. The van der Waals surface area contributed by atoms with Gasteiger partial charge in [0.15, 0.2) is 0 Å². The van der Waals surface area contributed by atoms with Gasteiger partial charge in [-0.25, -0.2) is 0 Å². The van der Waals surface area contributed by atoms with E-state index in [0.717, 1.165) is 27.7 Å². The van der Waals surface area contributed by atoms with E-state index in [1.54, 1.807) is 0 Å². The molecule has 0 aromatic heterocycles. The zero-order valence-corrected chi connectivity index (χ0v) is 13.4. The third kappa shape index (κ3) is 6560. The van der Waals surface area contributed by atoms with Crippen LogP contribution in [0.5, 0.6) is 0 Å². The molecule has 0 fully saturated rings. The standard InChI is InChI=1S/4C2H4O2.2Ti/c4*1-2(3)4;;/h4*1H3,(H,3,4);;/q;;;;2*+2/p-4. The minimum absolute atomic E-state index is 0. The van der Waals surface area contributed by atoms with E-state index in [1.165, 1.54) is 0 Å². The van der Waals surface area contributed by atoms with Crippen LogP contribution in [0.15, 0.2) is 0 Å². The van der Waals surface area contributed by atoms with E-state index in [0.29, 0.717) is 0 Å². The van der Waals surface area contributed by atoms with Gasteiger partial charge >= 0.3 is 43.4 Å². The molecule has 0 aliphatic carbocycles. The van der Waals surface area contributed by atoms with Crippen LogP contribution < -0.4 is 20.4 Å². The molecule has 0 heterocycles. The summed E-state index contributed by atoms with van der Waals surface area (Å²) in [7, 11) is 0. The summed E-state index contributed by atoms with van der Waals surface area (Å²) >= 11 is 0. The molecule has 0 aliphatic heterocycles. The van der Waals surface area contributed by atoms with Crippen molar-refractivity contribution < 1.29 is 83.0 Å². The molecule has 0 atom stereocenters. The van der Waals surface area contributed by atoms with Gasteiger partial charge in [-0.05, 0) is 27.7 Å². The van der Waals surface area contributed by atoms with Gasteiger partial charge in [0.1, 0.15) is 0 Å². The van der Waals surface area contributed by atoms with Crippen LogP contribution in [0.2, 0.25) is 0 Å². The van der Waals surface area contributed by atoms with Crippen LogP contribution in [-0.4, -0.2) is 23.9 Å². The predicted molar refractivity (Wildman–Crippen MR) is 42.7 cm³/mol. The number of carbonyl (C=O) groups is 4. The van der Waals surface area contributed by atoms with E-state index in [1.807, 2.05) is 0 Å². The fourth-order valence-electron chi connectivity index (χ4n) is 0. The smallest absolute Gasteiger partial charge is 0.550 e. The molecule has 0 amide bonds. The Bertz CT molecular complexity index is 165. The summed E-state index contributed by atoms with van der Waals surface area (Å²) in [6.07, 6.45) is 0. The number of hydrogen-bond donors (Lipinski definition) is 0. The topological polar surface area (TPSA) is 161 Å². The number of carboxylic acids is 4. The third-order valence-electron chi connectivity index (χ3n) is 0. The molecular weight excluding hydrogens is 320 g/mol. The average Bonchev–Trinajstić information content (AvgIpc) is 1.76. The molecule has 0 saturated heterocycles. The molecule has 8 nitrogen and oxygen atoms in total. The van der Waals surface area contributed by atoms with Gasteiger partial charge in [-0.2, -0.15) is 0 Å². The molecule has 0 spiro atoms. The number of hydrogen-bond acceptors (Lipinski definition) is 8. The van der Waals surface area contributed by atoms with Gasteiger partial charge < -0.3 is 39.6 Å². The Morgan fingerprint density at radius 3 is 0.500 bits per heavy atom. The van der Waals surface area contributed by atoms with Gasteiger partial charge in [0, 0.05) is 23.9 Å². The summed E-state index contributed by atoms with van der Waals surface area (Å²) in [6, 6.07) is 0. The van der Waals surface area contributed by atoms with E-state index in [2.05, 4.69) is 0 Å². The molecule has 10 heteroatoms. The van der Waals surface area contributed by atoms with Crippen LogP contribution in [-0.2, 0) is 62.6 Å². The molecule has 0 bridgehead atoms. The van der Waals surface area contributed by atoms with Crippen molar-refractivity contribution in [3.63, 3.8) is 0 Å². The van der Waals surface area contributed by atoms with Crippen LogP contribution in [0.4, 0.5) is 0 Å². The fraction of sp³-hybridized carbons (Fsp3) is 0.500. The quantitative estimate of drug-likeness (QED) is 0.398. The molecule has 100 valence electrons. The summed E-state index contributed by atoms with van der Waals surface area (Å²) in [5.41, 5.74) is 0. The van der Waals surface area contributed by atoms with E-state index in [9.17, 15) is 0 Å². The van der Waals surface area contributed by atoms with Gasteiger partial charge in [-0.1, -0.05) is 0 Å². The van der Waals surface area contributed by atoms with Crippen molar-refractivity contribution in [2.75, 3.05) is 0 Å². The fourth-order valence-corrected chi connectivity index (χ4v) is 0. The van der Waals surface area contributed by atoms with Crippen LogP contribution in [0.25, 0.3) is 0 Å². The minimum atomic E-state index is -1.08. The first kappa shape index (κ1) is 36.0. The molecule has 0 N–H and O–H groups in total. The molecule has 0 aromatic carbocycles. The Hall–Kier alpha value is -0.691. The maximum Gasteiger partial charge on any atom is 2.00 e. The summed E-state index contributed by atoms with van der Waals surface area (Å²) in [6.45, 7) is 3.89. The van der Waals surface area contributed by atoms with Gasteiger partial charge in [0.2, 0.25) is 0 Å². The minimum Gasteiger partial charge on any atom is -0.550 e. The maximum atomic E-state index is 8.89. The van der Waals surface area contributed by atoms with E-state index in [4.69, 9.17) is 39.6 Å². The Balaban J connectivity index is -0.0000000257. The normalized spacial score (nSPS) is 5.56. The van der Waals surface area contributed by atoms with Crippen molar-refractivity contribution in [2.24, 2.45) is 0 Å². The Labute approximate surface area is 134 Å². The second-order valence-electron chi connectivity index (χ2n) is 1.97. The average molecular weight is 332 g/mol. The van der Waals surface area contributed by atoms with E-state index in [-0.39, 0.29) is 43.4 Å². The number of aliphatic carboxylic acids is 4. The monoisotopic (exact) mass is 332 g/mol. The maximum absolute atomic E-state index is 8.89. The molecule has 0 radical (unpaired) electrons. The second kappa shape index (κ2) is 29.9. The molecule has 0 unspecified atom stereocenters. The van der Waals surface area contributed by atoms with Crippen LogP contribution >= 0.6 is 0 Å². The second-order valence-corrected chi connectivity index (χ2v) is 1.97. The SMILES string of the molecule is CC(=O)[O-].CC(=O)[O-].CC(=O)[O-].CC(=O)[O-].[Ti+2].[Ti+2]. The van der Waals surface area contributed by atoms with Gasteiger partial charge in [-0.15, -0.1) is 0 Å². The van der Waals surface area contributed by atoms with E-state index < -0.39 is 23.9 Å². The summed E-state index contributed by atoms with van der Waals surface area (Å²) < 4.78 is 0. The predicted octanol–water partition coefficient (Wildman–Crippen LogP) is -4.98. The zero-order valence-electron chi connectivity index (χ0n) is 10.3. The van der Waals surface area contributed by atoms with Crippen molar-refractivity contribution in [1.29, 1.82) is 0 Å².